The van der Waals surface area contributed by atoms with Crippen molar-refractivity contribution in [2.75, 3.05) is 0 Å². The summed E-state index contributed by atoms with van der Waals surface area (Å²) in [5, 5.41) is 0. The maximum absolute atomic E-state index is 5.27. The fourth-order valence-electron chi connectivity index (χ4n) is 0.470. The van der Waals surface area contributed by atoms with E-state index in [4.69, 9.17) is 11.6 Å². The van der Waals surface area contributed by atoms with Crippen molar-refractivity contribution in [1.82, 2.24) is 0 Å². The van der Waals surface area contributed by atoms with Gasteiger partial charge in [0.25, 0.3) is 0 Å². The van der Waals surface area contributed by atoms with Gasteiger partial charge in [0.05, 0.1) is 0 Å². The average Bonchev–Trinajstić information content (AvgIpc) is 1.81. The summed E-state index contributed by atoms with van der Waals surface area (Å²) in [6, 6.07) is 0. The minimum Gasteiger partial charge on any atom is -0.0933 e. The largest absolute Gasteiger partial charge is 0.0933 e. The van der Waals surface area contributed by atoms with Crippen molar-refractivity contribution < 1.29 is 0 Å². The van der Waals surface area contributed by atoms with Gasteiger partial charge in [-0.2, -0.15) is 0 Å². The summed E-state index contributed by atoms with van der Waals surface area (Å²) in [4.78, 5) is 0. The van der Waals surface area contributed by atoms with Crippen molar-refractivity contribution in [2.24, 2.45) is 0 Å². The summed E-state index contributed by atoms with van der Waals surface area (Å²) in [6.45, 7) is 2.18. The van der Waals surface area contributed by atoms with Gasteiger partial charge in [0.15, 0.2) is 0 Å². The monoisotopic (exact) mass is 131 g/mol. The van der Waals surface area contributed by atoms with Gasteiger partial charge in [-0.15, -0.1) is 0 Å². The fraction of sp³-hybridized carbons (Fsp3) is 0.571. The van der Waals surface area contributed by atoms with Crippen molar-refractivity contribution in [2.45, 2.75) is 26.2 Å². The summed E-state index contributed by atoms with van der Waals surface area (Å²) in [5.74, 6) is 0. The Hall–Kier alpha value is 0.0300. The standard InChI is InChI=1S/C7H12Cl/c1-2-3-4-5-6-7-8/h5-7H,2-4H2,1H3/b7-6-. The molecule has 0 aromatic carbocycles. The predicted molar refractivity (Wildman–Crippen MR) is 38.8 cm³/mol. The molecule has 0 saturated carbocycles. The van der Waals surface area contributed by atoms with Gasteiger partial charge < -0.3 is 0 Å². The molecule has 0 heterocycles. The molecule has 0 aliphatic carbocycles. The molecule has 0 aliphatic rings. The zero-order valence-electron chi connectivity index (χ0n) is 5.23. The maximum Gasteiger partial charge on any atom is 0.000547 e. The molecule has 0 atom stereocenters. The molecule has 0 aliphatic heterocycles. The molecule has 0 rings (SSSR count). The third kappa shape index (κ3) is 6.03. The lowest BCUT2D eigenvalue weighted by atomic mass is 10.2. The van der Waals surface area contributed by atoms with Crippen LogP contribution in [0.4, 0.5) is 0 Å². The van der Waals surface area contributed by atoms with E-state index in [0.717, 1.165) is 6.42 Å². The normalized spacial score (nSPS) is 10.8. The Balaban J connectivity index is 2.72. The van der Waals surface area contributed by atoms with Crippen LogP contribution in [0, 0.1) is 6.42 Å². The number of allylic oxidation sites excluding steroid dienone is 1. The second kappa shape index (κ2) is 7.03. The van der Waals surface area contributed by atoms with Gasteiger partial charge in [0, 0.05) is 5.54 Å². The highest BCUT2D eigenvalue weighted by Crippen LogP contribution is 1.98. The van der Waals surface area contributed by atoms with Gasteiger partial charge in [0.1, 0.15) is 0 Å². The molecule has 0 unspecified atom stereocenters. The third-order valence-corrected chi connectivity index (χ3v) is 1.08. The summed E-state index contributed by atoms with van der Waals surface area (Å²) >= 11 is 5.27. The molecule has 47 valence electrons. The van der Waals surface area contributed by atoms with E-state index in [1.54, 1.807) is 0 Å². The molecule has 8 heavy (non-hydrogen) atoms. The van der Waals surface area contributed by atoms with E-state index in [1.165, 1.54) is 18.4 Å². The summed E-state index contributed by atoms with van der Waals surface area (Å²) in [6.07, 6.45) is 7.63. The Morgan fingerprint density at radius 1 is 1.50 bits per heavy atom. The predicted octanol–water partition coefficient (Wildman–Crippen LogP) is 3.13. The SMILES string of the molecule is CCCC[CH]/C=C\Cl. The quantitative estimate of drug-likeness (QED) is 0.515. The van der Waals surface area contributed by atoms with Gasteiger partial charge in [-0.05, 0) is 12.8 Å². The molecule has 0 fully saturated rings. The summed E-state index contributed by atoms with van der Waals surface area (Å²) in [7, 11) is 0. The molecule has 0 aromatic rings. The Kier molecular flexibility index (Phi) is 7.06. The lowest BCUT2D eigenvalue weighted by Crippen LogP contribution is -1.69. The Labute approximate surface area is 56.5 Å². The van der Waals surface area contributed by atoms with Crippen LogP contribution in [0.1, 0.15) is 26.2 Å². The van der Waals surface area contributed by atoms with Gasteiger partial charge in [-0.25, -0.2) is 0 Å². The highest BCUT2D eigenvalue weighted by Gasteiger charge is 1.79. The molecule has 0 N–H and O–H groups in total. The highest BCUT2D eigenvalue weighted by molar-refractivity contribution is 6.25. The molecule has 1 heteroatoms. The lowest BCUT2D eigenvalue weighted by molar-refractivity contribution is 0.795. The molecule has 1 radical (unpaired) electrons. The third-order valence-electron chi connectivity index (χ3n) is 0.933. The molecule has 0 aromatic heterocycles. The average molecular weight is 132 g/mol. The van der Waals surface area contributed by atoms with Crippen molar-refractivity contribution in [3.63, 3.8) is 0 Å². The molecule has 0 bridgehead atoms. The maximum atomic E-state index is 5.27. The van der Waals surface area contributed by atoms with Crippen molar-refractivity contribution in [3.8, 4) is 0 Å². The van der Waals surface area contributed by atoms with Crippen LogP contribution in [0.2, 0.25) is 0 Å². The van der Waals surface area contributed by atoms with E-state index in [1.807, 2.05) is 6.08 Å². The fourth-order valence-corrected chi connectivity index (χ4v) is 0.573. The molecular weight excluding hydrogens is 120 g/mol. The van der Waals surface area contributed by atoms with Crippen LogP contribution in [0.3, 0.4) is 0 Å². The second-order valence-electron chi connectivity index (χ2n) is 1.70. The van der Waals surface area contributed by atoms with E-state index in [0.29, 0.717) is 0 Å². The molecule has 0 saturated heterocycles. The number of hydrogen-bond donors (Lipinski definition) is 0. The van der Waals surface area contributed by atoms with E-state index < -0.39 is 0 Å². The van der Waals surface area contributed by atoms with Crippen molar-refractivity contribution >= 4 is 11.6 Å². The number of unbranched alkanes of at least 4 members (excludes halogenated alkanes) is 3. The Morgan fingerprint density at radius 2 is 2.25 bits per heavy atom. The van der Waals surface area contributed by atoms with Crippen molar-refractivity contribution in [1.29, 1.82) is 0 Å². The van der Waals surface area contributed by atoms with Crippen LogP contribution in [-0.2, 0) is 0 Å². The molecular formula is C7H12Cl. The van der Waals surface area contributed by atoms with Crippen LogP contribution in [0.5, 0.6) is 0 Å². The van der Waals surface area contributed by atoms with Gasteiger partial charge in [0.2, 0.25) is 0 Å². The van der Waals surface area contributed by atoms with E-state index in [-0.39, 0.29) is 0 Å². The van der Waals surface area contributed by atoms with E-state index in [2.05, 4.69) is 13.3 Å². The lowest BCUT2D eigenvalue weighted by Gasteiger charge is -1.88. The van der Waals surface area contributed by atoms with E-state index >= 15 is 0 Å². The molecule has 0 nitrogen and oxygen atoms in total. The van der Waals surface area contributed by atoms with Crippen LogP contribution < -0.4 is 0 Å². The van der Waals surface area contributed by atoms with Gasteiger partial charge in [-0.1, -0.05) is 37.4 Å². The van der Waals surface area contributed by atoms with Gasteiger partial charge >= 0.3 is 0 Å². The van der Waals surface area contributed by atoms with Crippen LogP contribution >= 0.6 is 11.6 Å². The van der Waals surface area contributed by atoms with Crippen molar-refractivity contribution in [3.05, 3.63) is 18.0 Å². The second-order valence-corrected chi connectivity index (χ2v) is 1.95. The topological polar surface area (TPSA) is 0 Å². The van der Waals surface area contributed by atoms with Gasteiger partial charge in [-0.3, -0.25) is 0 Å². The summed E-state index contributed by atoms with van der Waals surface area (Å²) in [5.41, 5.74) is 1.54. The Morgan fingerprint density at radius 3 is 2.75 bits per heavy atom. The highest BCUT2D eigenvalue weighted by atomic mass is 35.5. The molecule has 0 amide bonds. The summed E-state index contributed by atoms with van der Waals surface area (Å²) < 4.78 is 0. The van der Waals surface area contributed by atoms with E-state index in [9.17, 15) is 0 Å². The van der Waals surface area contributed by atoms with Crippen LogP contribution in [0.25, 0.3) is 0 Å². The first-order valence-corrected chi connectivity index (χ1v) is 3.44. The number of hydrogen-bond acceptors (Lipinski definition) is 0. The first-order valence-electron chi connectivity index (χ1n) is 3.00. The van der Waals surface area contributed by atoms with Crippen LogP contribution in [-0.4, -0.2) is 0 Å². The minimum atomic E-state index is 1.15. The zero-order chi connectivity index (χ0) is 6.24. The first-order chi connectivity index (χ1) is 3.91. The number of rotatable bonds is 4. The van der Waals surface area contributed by atoms with Crippen LogP contribution in [0.15, 0.2) is 11.6 Å². The smallest absolute Gasteiger partial charge is 0.000547 e. The number of halogens is 1. The minimum absolute atomic E-state index is 1.15. The first kappa shape index (κ1) is 8.03. The Bertz CT molecular complexity index is 57.4. The molecule has 0 spiro atoms. The zero-order valence-corrected chi connectivity index (χ0v) is 5.99.